The van der Waals surface area contributed by atoms with Gasteiger partial charge in [-0.15, -0.1) is 0 Å². The van der Waals surface area contributed by atoms with Crippen LogP contribution in [0.5, 0.6) is 46.5 Å². The van der Waals surface area contributed by atoms with E-state index in [-0.39, 0.29) is 90.1 Å². The molecule has 8 aromatic heterocycles. The third kappa shape index (κ3) is 21.0. The first kappa shape index (κ1) is 92.0. The van der Waals surface area contributed by atoms with Crippen LogP contribution in [0.15, 0.2) is 171 Å². The first-order valence-corrected chi connectivity index (χ1v) is 44.5. The Labute approximate surface area is 773 Å². The highest BCUT2D eigenvalue weighted by Gasteiger charge is 2.27. The number of halogens is 8. The Morgan fingerprint density at radius 3 is 0.763 bits per heavy atom. The number of aryl methyl sites for hydroxylation is 4. The summed E-state index contributed by atoms with van der Waals surface area (Å²) in [6, 6.07) is 42.8. The molecule has 0 bridgehead atoms. The van der Waals surface area contributed by atoms with E-state index in [0.717, 1.165) is 158 Å². The number of aromatic amines is 4. The molecule has 10 N–H and O–H groups in total. The van der Waals surface area contributed by atoms with Gasteiger partial charge in [-0.1, -0.05) is 6.92 Å². The van der Waals surface area contributed by atoms with Gasteiger partial charge >= 0.3 is 0 Å². The molecule has 8 aromatic carbocycles. The van der Waals surface area contributed by atoms with Crippen molar-refractivity contribution in [3.8, 4) is 46.5 Å². The lowest BCUT2D eigenvalue weighted by Crippen LogP contribution is -2.46. The van der Waals surface area contributed by atoms with Crippen molar-refractivity contribution in [3.05, 3.63) is 262 Å². The number of anilines is 12. The second-order valence-electron chi connectivity index (χ2n) is 33.5. The summed E-state index contributed by atoms with van der Waals surface area (Å²) in [6.07, 6.45) is 5.32. The summed E-state index contributed by atoms with van der Waals surface area (Å²) in [4.78, 5) is 59.2. The Bertz CT molecular complexity index is 6710. The van der Waals surface area contributed by atoms with E-state index in [2.05, 4.69) is 184 Å². The number of H-pyrrole nitrogens is 4. The molecular weight excluding hydrogens is 1740 g/mol. The van der Waals surface area contributed by atoms with Gasteiger partial charge in [-0.25, -0.2) is 75.0 Å². The van der Waals surface area contributed by atoms with Crippen LogP contribution in [0, 0.1) is 102 Å². The molecule has 0 atom stereocenters. The van der Waals surface area contributed by atoms with Crippen LogP contribution in [0.2, 0.25) is 0 Å². The van der Waals surface area contributed by atoms with Crippen LogP contribution in [0.1, 0.15) is 52.0 Å². The van der Waals surface area contributed by atoms with E-state index >= 15 is 0 Å². The molecular formula is C99H102F8N24O4. The maximum absolute atomic E-state index is 15.0. The van der Waals surface area contributed by atoms with Crippen LogP contribution < -0.4 is 70.4 Å². The molecule has 698 valence electrons. The normalized spacial score (nSPS) is 14.3. The average molecular weight is 1840 g/mol. The fourth-order valence-corrected chi connectivity index (χ4v) is 16.5. The Kier molecular flexibility index (Phi) is 27.7. The Morgan fingerprint density at radius 1 is 0.296 bits per heavy atom. The first-order chi connectivity index (χ1) is 65.3. The number of aromatic nitrogens is 12. The number of nitrogens with zero attached hydrogens (tertiary/aromatic N) is 14. The second kappa shape index (κ2) is 40.7. The molecule has 20 rings (SSSR count). The van der Waals surface area contributed by atoms with E-state index in [1.807, 2.05) is 48.5 Å². The molecule has 0 spiro atoms. The fourth-order valence-electron chi connectivity index (χ4n) is 16.5. The van der Waals surface area contributed by atoms with Gasteiger partial charge in [0.05, 0.1) is 44.3 Å². The molecule has 0 saturated carbocycles. The zero-order valence-corrected chi connectivity index (χ0v) is 76.1. The highest BCUT2D eigenvalue weighted by molar-refractivity contribution is 5.87. The zero-order valence-electron chi connectivity index (χ0n) is 76.1. The summed E-state index contributed by atoms with van der Waals surface area (Å²) in [5.74, 6) is -3.18. The van der Waals surface area contributed by atoms with Crippen LogP contribution in [-0.4, -0.2) is 188 Å². The maximum atomic E-state index is 15.0. The molecule has 0 radical (unpaired) electrons. The monoisotopic (exact) mass is 1840 g/mol. The summed E-state index contributed by atoms with van der Waals surface area (Å²) in [5, 5.41) is 20.3. The predicted molar refractivity (Wildman–Crippen MR) is 512 cm³/mol. The van der Waals surface area contributed by atoms with E-state index in [0.29, 0.717) is 68.3 Å². The highest BCUT2D eigenvalue weighted by atomic mass is 19.2. The molecule has 0 unspecified atom stereocenters. The summed E-state index contributed by atoms with van der Waals surface area (Å²) in [6.45, 7) is 33.4. The third-order valence-electron chi connectivity index (χ3n) is 24.1. The van der Waals surface area contributed by atoms with E-state index in [9.17, 15) is 35.1 Å². The van der Waals surface area contributed by atoms with Gasteiger partial charge in [0, 0.05) is 219 Å². The van der Waals surface area contributed by atoms with Crippen molar-refractivity contribution in [1.29, 1.82) is 0 Å². The van der Waals surface area contributed by atoms with Crippen molar-refractivity contribution in [1.82, 2.24) is 80.2 Å². The van der Waals surface area contributed by atoms with E-state index < -0.39 is 46.5 Å². The maximum Gasteiger partial charge on any atom is 0.227 e. The van der Waals surface area contributed by atoms with E-state index in [4.69, 9.17) is 18.9 Å². The van der Waals surface area contributed by atoms with Crippen molar-refractivity contribution in [2.24, 2.45) is 0 Å². The SMILES string of the molecule is CCN1CCN(c2ccc(Nc3ncnc(Oc4cc(F)c5[nH]c(C)cc5c4F)c3C)cc2)CC1.Cc1cc2c(F)c(Oc3ncnc(Nc4ccc(N5CCN(C)CC5)cc4)c3C)cc(F)c2[nH]1.Cc1cc2c(F)c(Oc3ncnc(Nc4ccc(N5CCNCC5)cc4)c3C)cc(F)c2[nH]1.Cc1cc2c(F)c(Oc3ncnc(Nc4ccc(N5CCNCC5)cc4)c3C)cc(F)c2[nH]1. The van der Waals surface area contributed by atoms with Crippen molar-refractivity contribution in [2.45, 2.75) is 62.3 Å². The Balaban J connectivity index is 0.000000125. The van der Waals surface area contributed by atoms with Crippen LogP contribution >= 0.6 is 0 Å². The number of hydrogen-bond donors (Lipinski definition) is 10. The first-order valence-electron chi connectivity index (χ1n) is 44.5. The molecule has 135 heavy (non-hydrogen) atoms. The Morgan fingerprint density at radius 2 is 0.526 bits per heavy atom. The van der Waals surface area contributed by atoms with Gasteiger partial charge in [-0.3, -0.25) is 0 Å². The second-order valence-corrected chi connectivity index (χ2v) is 33.5. The van der Waals surface area contributed by atoms with Crippen LogP contribution in [0.3, 0.4) is 0 Å². The number of piperazine rings is 4. The van der Waals surface area contributed by atoms with Crippen molar-refractivity contribution in [2.75, 3.05) is 159 Å². The number of benzene rings is 8. The van der Waals surface area contributed by atoms with Gasteiger partial charge in [0.2, 0.25) is 23.5 Å². The molecule has 12 heterocycles. The van der Waals surface area contributed by atoms with Crippen molar-refractivity contribution in [3.63, 3.8) is 0 Å². The average Bonchev–Trinajstić information content (AvgIpc) is 1.68. The standard InChI is InChI=1S/C26H28F2N6O.C25H26F2N6O.2C24H24F2N6O/c1-4-33-9-11-34(12-10-33)19-7-5-18(6-8-19)32-25-17(3)26(30-15-29-25)35-22-14-21(27)24-20(23(22)28)13-16(2)31-24;1-15-12-19-22(27)21(13-20(26)23(19)30-15)34-25-16(2)24(28-14-29-25)31-17-4-6-18(7-5-17)33-10-8-32(3)9-11-33;2*1-14-11-18-21(26)20(12-19(25)22(18)30-14)33-24-15(2)23(28-13-29-24)31-16-3-5-17(6-4-16)32-9-7-27-8-10-32/h5-8,13-15,31H,4,9-12H2,1-3H3,(H,29,30,32);4-7,12-14,30H,8-11H2,1-3H3,(H,28,29,31);2*3-6,11-13,27,30H,7-10H2,1-2H3,(H,28,29,31). The minimum atomic E-state index is -0.647. The van der Waals surface area contributed by atoms with E-state index in [1.54, 1.807) is 79.7 Å². The van der Waals surface area contributed by atoms with Gasteiger partial charge in [0.25, 0.3) is 0 Å². The third-order valence-corrected chi connectivity index (χ3v) is 24.1. The topological polar surface area (TPSA) is 295 Å². The molecule has 28 nitrogen and oxygen atoms in total. The summed E-state index contributed by atoms with van der Waals surface area (Å²) in [7, 11) is 2.14. The van der Waals surface area contributed by atoms with Crippen molar-refractivity contribution < 1.29 is 54.1 Å². The van der Waals surface area contributed by atoms with Crippen LogP contribution in [-0.2, 0) is 0 Å². The van der Waals surface area contributed by atoms with Crippen molar-refractivity contribution >= 4 is 112 Å². The molecule has 4 aliphatic heterocycles. The lowest BCUT2D eigenvalue weighted by molar-refractivity contribution is 0.271. The van der Waals surface area contributed by atoms with Crippen LogP contribution in [0.25, 0.3) is 43.6 Å². The number of ether oxygens (including phenoxy) is 4. The predicted octanol–water partition coefficient (Wildman–Crippen LogP) is 20.3. The smallest absolute Gasteiger partial charge is 0.227 e. The Hall–Kier alpha value is -14.9. The largest absolute Gasteiger partial charge is 0.435 e. The minimum absolute atomic E-state index is 0.114. The quantitative estimate of drug-likeness (QED) is 0.0299. The van der Waals surface area contributed by atoms with Crippen LogP contribution in [0.4, 0.5) is 104 Å². The van der Waals surface area contributed by atoms with Gasteiger partial charge in [0.1, 0.15) is 48.6 Å². The summed E-state index contributed by atoms with van der Waals surface area (Å²) < 4.78 is 140. The molecule has 16 aromatic rings. The zero-order chi connectivity index (χ0) is 94.2. The van der Waals surface area contributed by atoms with Gasteiger partial charge in [-0.2, -0.15) is 0 Å². The number of likely N-dealkylation sites (N-methyl/N-ethyl adjacent to an activating group) is 2. The summed E-state index contributed by atoms with van der Waals surface area (Å²) in [5.41, 5.74) is 13.5. The lowest BCUT2D eigenvalue weighted by Gasteiger charge is -2.35. The number of hydrogen-bond acceptors (Lipinski definition) is 24. The molecule has 4 aliphatic rings. The molecule has 36 heteroatoms. The summed E-state index contributed by atoms with van der Waals surface area (Å²) >= 11 is 0. The molecule has 0 amide bonds. The lowest BCUT2D eigenvalue weighted by atomic mass is 10.2. The van der Waals surface area contributed by atoms with Gasteiger partial charge in [-0.05, 0) is 190 Å². The molecule has 4 fully saturated rings. The van der Waals surface area contributed by atoms with E-state index in [1.165, 1.54) is 48.1 Å². The number of fused-ring (bicyclic) bond motifs is 4. The van der Waals surface area contributed by atoms with Gasteiger partial charge in [0.15, 0.2) is 69.5 Å². The number of nitrogens with one attached hydrogen (secondary N) is 10. The number of rotatable bonds is 21. The molecule has 4 saturated heterocycles. The van der Waals surface area contributed by atoms with Gasteiger partial charge < -0.3 is 100 Å². The highest BCUT2D eigenvalue weighted by Crippen LogP contribution is 2.42. The minimum Gasteiger partial charge on any atom is -0.435 e. The fraction of sp³-hybridized carbons (Fsp3) is 0.273. The molecule has 0 aliphatic carbocycles.